The Morgan fingerprint density at radius 3 is 2.70 bits per heavy atom. The Bertz CT molecular complexity index is 671. The second-order valence-electron chi connectivity index (χ2n) is 5.22. The average Bonchev–Trinajstić information content (AvgIpc) is 2.54. The summed E-state index contributed by atoms with van der Waals surface area (Å²) in [6.07, 6.45) is 0. The topological polar surface area (TPSA) is 73.6 Å². The summed E-state index contributed by atoms with van der Waals surface area (Å²) in [5.74, 6) is 0.551. The zero-order chi connectivity index (χ0) is 16.7. The van der Waals surface area contributed by atoms with Crippen LogP contribution in [-0.2, 0) is 11.3 Å². The smallest absolute Gasteiger partial charge is 0.253 e. The highest BCUT2D eigenvalue weighted by atomic mass is 16.5. The minimum atomic E-state index is -0.202. The first kappa shape index (κ1) is 16.8. The Kier molecular flexibility index (Phi) is 6.00. The number of methoxy groups -OCH3 is 1. The molecule has 3 N–H and O–H groups in total. The lowest BCUT2D eigenvalue weighted by atomic mass is 10.1. The van der Waals surface area contributed by atoms with Gasteiger partial charge in [-0.3, -0.25) is 4.79 Å². The molecule has 122 valence electrons. The van der Waals surface area contributed by atoms with E-state index in [9.17, 15) is 4.79 Å². The zero-order valence-electron chi connectivity index (χ0n) is 13.5. The number of anilines is 1. The molecule has 2 aromatic carbocycles. The molecule has 0 spiro atoms. The number of benzene rings is 2. The van der Waals surface area contributed by atoms with E-state index in [1.165, 1.54) is 0 Å². The molecule has 0 saturated heterocycles. The zero-order valence-corrected chi connectivity index (χ0v) is 13.5. The summed E-state index contributed by atoms with van der Waals surface area (Å²) in [5, 5.41) is 2.88. The van der Waals surface area contributed by atoms with Crippen molar-refractivity contribution in [2.45, 2.75) is 13.5 Å². The van der Waals surface area contributed by atoms with Crippen LogP contribution >= 0.6 is 0 Å². The van der Waals surface area contributed by atoms with Crippen LogP contribution in [0.2, 0.25) is 0 Å². The van der Waals surface area contributed by atoms with Crippen molar-refractivity contribution in [2.24, 2.45) is 0 Å². The van der Waals surface area contributed by atoms with E-state index >= 15 is 0 Å². The normalized spacial score (nSPS) is 10.3. The maximum Gasteiger partial charge on any atom is 0.253 e. The number of hydrogen-bond donors (Lipinski definition) is 2. The number of ether oxygens (including phenoxy) is 2. The molecule has 0 aromatic heterocycles. The van der Waals surface area contributed by atoms with E-state index in [1.54, 1.807) is 31.4 Å². The molecular weight excluding hydrogens is 292 g/mol. The Hall–Kier alpha value is -2.53. The van der Waals surface area contributed by atoms with Gasteiger partial charge in [-0.1, -0.05) is 24.3 Å². The molecule has 0 fully saturated rings. The third kappa shape index (κ3) is 4.72. The molecule has 2 rings (SSSR count). The van der Waals surface area contributed by atoms with Gasteiger partial charge in [0.2, 0.25) is 0 Å². The summed E-state index contributed by atoms with van der Waals surface area (Å²) >= 11 is 0. The van der Waals surface area contributed by atoms with Gasteiger partial charge in [-0.05, 0) is 30.7 Å². The largest absolute Gasteiger partial charge is 0.491 e. The maximum absolute atomic E-state index is 12.2. The van der Waals surface area contributed by atoms with Crippen molar-refractivity contribution in [3.8, 4) is 5.75 Å². The number of nitrogens with two attached hydrogens (primary N) is 1. The van der Waals surface area contributed by atoms with Gasteiger partial charge >= 0.3 is 0 Å². The highest BCUT2D eigenvalue weighted by Gasteiger charge is 2.10. The van der Waals surface area contributed by atoms with Gasteiger partial charge in [-0.25, -0.2) is 0 Å². The summed E-state index contributed by atoms with van der Waals surface area (Å²) in [4.78, 5) is 12.2. The molecule has 0 bridgehead atoms. The molecule has 1 amide bonds. The predicted molar refractivity (Wildman–Crippen MR) is 90.6 cm³/mol. The molecule has 23 heavy (non-hydrogen) atoms. The SMILES string of the molecule is COCCOc1cc(C)ccc1CNC(=O)c1ccccc1N. The molecule has 0 radical (unpaired) electrons. The van der Waals surface area contributed by atoms with Gasteiger partial charge < -0.3 is 20.5 Å². The molecular formula is C18H22N2O3. The van der Waals surface area contributed by atoms with E-state index < -0.39 is 0 Å². The van der Waals surface area contributed by atoms with Crippen LogP contribution in [-0.4, -0.2) is 26.2 Å². The molecule has 0 aliphatic carbocycles. The fourth-order valence-electron chi connectivity index (χ4n) is 2.15. The highest BCUT2D eigenvalue weighted by Crippen LogP contribution is 2.20. The standard InChI is InChI=1S/C18H22N2O3/c1-13-7-8-14(17(11-13)23-10-9-22-2)12-20-18(21)15-5-3-4-6-16(15)19/h3-8,11H,9-10,12,19H2,1-2H3,(H,20,21). The van der Waals surface area contributed by atoms with E-state index in [0.717, 1.165) is 16.9 Å². The van der Waals surface area contributed by atoms with E-state index in [4.69, 9.17) is 15.2 Å². The Morgan fingerprint density at radius 2 is 1.96 bits per heavy atom. The fraction of sp³-hybridized carbons (Fsp3) is 0.278. The van der Waals surface area contributed by atoms with Crippen molar-refractivity contribution in [2.75, 3.05) is 26.1 Å². The average molecular weight is 314 g/mol. The molecule has 5 heteroatoms. The number of nitrogens with one attached hydrogen (secondary N) is 1. The number of nitrogen functional groups attached to an aromatic ring is 1. The number of hydrogen-bond acceptors (Lipinski definition) is 4. The Balaban J connectivity index is 2.05. The van der Waals surface area contributed by atoms with Crippen LogP contribution in [0.25, 0.3) is 0 Å². The summed E-state index contributed by atoms with van der Waals surface area (Å²) in [6.45, 7) is 3.35. The number of carbonyl (C=O) groups excluding carboxylic acids is 1. The predicted octanol–water partition coefficient (Wildman–Crippen LogP) is 2.53. The van der Waals surface area contributed by atoms with Crippen molar-refractivity contribution in [3.63, 3.8) is 0 Å². The highest BCUT2D eigenvalue weighted by molar-refractivity contribution is 5.99. The van der Waals surface area contributed by atoms with Crippen molar-refractivity contribution < 1.29 is 14.3 Å². The van der Waals surface area contributed by atoms with Crippen LogP contribution in [0.1, 0.15) is 21.5 Å². The van der Waals surface area contributed by atoms with Crippen LogP contribution < -0.4 is 15.8 Å². The minimum absolute atomic E-state index is 0.202. The molecule has 0 aliphatic rings. The van der Waals surface area contributed by atoms with Crippen LogP contribution in [0.4, 0.5) is 5.69 Å². The maximum atomic E-state index is 12.2. The van der Waals surface area contributed by atoms with Gasteiger partial charge in [0.15, 0.2) is 0 Å². The lowest BCUT2D eigenvalue weighted by Gasteiger charge is -2.13. The molecule has 2 aromatic rings. The van der Waals surface area contributed by atoms with Gasteiger partial charge in [0, 0.05) is 24.9 Å². The van der Waals surface area contributed by atoms with Gasteiger partial charge in [0.1, 0.15) is 12.4 Å². The third-order valence-corrected chi connectivity index (χ3v) is 3.41. The number of rotatable bonds is 7. The number of carbonyl (C=O) groups is 1. The second kappa shape index (κ2) is 8.19. The van der Waals surface area contributed by atoms with Gasteiger partial charge in [-0.15, -0.1) is 0 Å². The van der Waals surface area contributed by atoms with Gasteiger partial charge in [-0.2, -0.15) is 0 Å². The second-order valence-corrected chi connectivity index (χ2v) is 5.22. The van der Waals surface area contributed by atoms with Crippen molar-refractivity contribution in [1.29, 1.82) is 0 Å². The number of aryl methyl sites for hydroxylation is 1. The molecule has 0 atom stereocenters. The van der Waals surface area contributed by atoms with E-state index in [2.05, 4.69) is 5.32 Å². The third-order valence-electron chi connectivity index (χ3n) is 3.41. The Labute approximate surface area is 136 Å². The fourth-order valence-corrected chi connectivity index (χ4v) is 2.15. The number of amides is 1. The summed E-state index contributed by atoms with van der Waals surface area (Å²) in [5.41, 5.74) is 8.77. The van der Waals surface area contributed by atoms with E-state index in [1.807, 2.05) is 25.1 Å². The van der Waals surface area contributed by atoms with Crippen LogP contribution in [0.15, 0.2) is 42.5 Å². The summed E-state index contributed by atoms with van der Waals surface area (Å²) in [6, 6.07) is 12.9. The van der Waals surface area contributed by atoms with Crippen LogP contribution in [0, 0.1) is 6.92 Å². The van der Waals surface area contributed by atoms with Crippen molar-refractivity contribution >= 4 is 11.6 Å². The first-order valence-corrected chi connectivity index (χ1v) is 7.46. The minimum Gasteiger partial charge on any atom is -0.491 e. The molecule has 0 aliphatic heterocycles. The van der Waals surface area contributed by atoms with Gasteiger partial charge in [0.25, 0.3) is 5.91 Å². The van der Waals surface area contributed by atoms with E-state index in [0.29, 0.717) is 31.0 Å². The molecule has 0 heterocycles. The quantitative estimate of drug-likeness (QED) is 0.608. The Morgan fingerprint density at radius 1 is 1.17 bits per heavy atom. The van der Waals surface area contributed by atoms with Gasteiger partial charge in [0.05, 0.1) is 12.2 Å². The van der Waals surface area contributed by atoms with E-state index in [-0.39, 0.29) is 5.91 Å². The van der Waals surface area contributed by atoms with Crippen molar-refractivity contribution in [3.05, 3.63) is 59.2 Å². The first-order chi connectivity index (χ1) is 11.1. The lowest BCUT2D eigenvalue weighted by molar-refractivity contribution is 0.0951. The molecule has 5 nitrogen and oxygen atoms in total. The first-order valence-electron chi connectivity index (χ1n) is 7.46. The molecule has 0 saturated carbocycles. The number of para-hydroxylation sites is 1. The van der Waals surface area contributed by atoms with Crippen molar-refractivity contribution in [1.82, 2.24) is 5.32 Å². The monoisotopic (exact) mass is 314 g/mol. The summed E-state index contributed by atoms with van der Waals surface area (Å²) < 4.78 is 10.7. The lowest BCUT2D eigenvalue weighted by Crippen LogP contribution is -2.24. The van der Waals surface area contributed by atoms with Crippen LogP contribution in [0.5, 0.6) is 5.75 Å². The van der Waals surface area contributed by atoms with Crippen LogP contribution in [0.3, 0.4) is 0 Å². The summed E-state index contributed by atoms with van der Waals surface area (Å²) in [7, 11) is 1.63. The molecule has 0 unspecified atom stereocenters.